The summed E-state index contributed by atoms with van der Waals surface area (Å²) in [4.78, 5) is 13.4. The van der Waals surface area contributed by atoms with E-state index in [0.717, 1.165) is 25.2 Å². The number of piperazine rings is 1. The summed E-state index contributed by atoms with van der Waals surface area (Å²) >= 11 is 0. The number of hydrogen-bond donors (Lipinski definition) is 2. The minimum absolute atomic E-state index is 0.392. The van der Waals surface area contributed by atoms with E-state index in [2.05, 4.69) is 5.32 Å². The molecule has 1 heterocycles. The Bertz CT molecular complexity index is 447. The van der Waals surface area contributed by atoms with Crippen LogP contribution in [0, 0.1) is 11.6 Å². The third-order valence-electron chi connectivity index (χ3n) is 3.05. The standard InChI is InChI=1S/C12H15F2N3O/c13-9-2-1-8(7-10(9)14)11(12(15)18)17-5-3-16-4-6-17/h1-2,7,11,16H,3-6H2,(H2,15,18). The van der Waals surface area contributed by atoms with Crippen molar-refractivity contribution in [1.82, 2.24) is 10.2 Å². The molecule has 4 nitrogen and oxygen atoms in total. The fourth-order valence-corrected chi connectivity index (χ4v) is 2.18. The number of halogens is 2. The molecule has 2 rings (SSSR count). The highest BCUT2D eigenvalue weighted by Crippen LogP contribution is 2.22. The number of hydrogen-bond acceptors (Lipinski definition) is 3. The highest BCUT2D eigenvalue weighted by molar-refractivity contribution is 5.81. The Kier molecular flexibility index (Phi) is 3.88. The SMILES string of the molecule is NC(=O)C(c1ccc(F)c(F)c1)N1CCNCC1. The Morgan fingerprint density at radius 2 is 1.94 bits per heavy atom. The molecule has 1 aromatic rings. The molecule has 18 heavy (non-hydrogen) atoms. The summed E-state index contributed by atoms with van der Waals surface area (Å²) in [5, 5.41) is 3.15. The molecule has 1 aliphatic heterocycles. The van der Waals surface area contributed by atoms with E-state index >= 15 is 0 Å². The molecule has 1 atom stereocenters. The van der Waals surface area contributed by atoms with E-state index in [-0.39, 0.29) is 0 Å². The fourth-order valence-electron chi connectivity index (χ4n) is 2.18. The Morgan fingerprint density at radius 1 is 1.28 bits per heavy atom. The van der Waals surface area contributed by atoms with E-state index in [1.807, 2.05) is 4.90 Å². The van der Waals surface area contributed by atoms with Gasteiger partial charge in [-0.1, -0.05) is 6.07 Å². The van der Waals surface area contributed by atoms with Gasteiger partial charge in [0.05, 0.1) is 0 Å². The predicted octanol–water partition coefficient (Wildman–Crippen LogP) is 0.396. The van der Waals surface area contributed by atoms with Crippen molar-refractivity contribution in [1.29, 1.82) is 0 Å². The lowest BCUT2D eigenvalue weighted by Crippen LogP contribution is -2.48. The first kappa shape index (κ1) is 12.9. The molecule has 0 radical (unpaired) electrons. The molecule has 6 heteroatoms. The van der Waals surface area contributed by atoms with Gasteiger partial charge in [-0.2, -0.15) is 0 Å². The van der Waals surface area contributed by atoms with Gasteiger partial charge in [-0.15, -0.1) is 0 Å². The molecule has 1 unspecified atom stereocenters. The number of primary amides is 1. The highest BCUT2D eigenvalue weighted by atomic mass is 19.2. The number of rotatable bonds is 3. The van der Waals surface area contributed by atoms with Gasteiger partial charge in [0.2, 0.25) is 5.91 Å². The Balaban J connectivity index is 2.28. The van der Waals surface area contributed by atoms with Crippen LogP contribution in [0.1, 0.15) is 11.6 Å². The zero-order valence-electron chi connectivity index (χ0n) is 9.83. The largest absolute Gasteiger partial charge is 0.368 e. The van der Waals surface area contributed by atoms with Crippen LogP contribution in [0.5, 0.6) is 0 Å². The van der Waals surface area contributed by atoms with Gasteiger partial charge >= 0.3 is 0 Å². The van der Waals surface area contributed by atoms with Crippen LogP contribution in [0.3, 0.4) is 0 Å². The summed E-state index contributed by atoms with van der Waals surface area (Å²) < 4.78 is 26.1. The van der Waals surface area contributed by atoms with Gasteiger partial charge in [-0.3, -0.25) is 9.69 Å². The number of nitrogens with zero attached hydrogens (tertiary/aromatic N) is 1. The van der Waals surface area contributed by atoms with E-state index in [1.165, 1.54) is 6.07 Å². The van der Waals surface area contributed by atoms with E-state index < -0.39 is 23.6 Å². The summed E-state index contributed by atoms with van der Waals surface area (Å²) in [6.45, 7) is 2.78. The van der Waals surface area contributed by atoms with Crippen LogP contribution in [-0.2, 0) is 4.79 Å². The Hall–Kier alpha value is -1.53. The molecule has 0 aliphatic carbocycles. The highest BCUT2D eigenvalue weighted by Gasteiger charge is 2.27. The van der Waals surface area contributed by atoms with E-state index in [1.54, 1.807) is 0 Å². The molecule has 0 aromatic heterocycles. The second-order valence-corrected chi connectivity index (χ2v) is 4.26. The Labute approximate surface area is 104 Å². The zero-order valence-corrected chi connectivity index (χ0v) is 9.83. The molecule has 0 saturated carbocycles. The van der Waals surface area contributed by atoms with Gasteiger partial charge in [0.1, 0.15) is 6.04 Å². The van der Waals surface area contributed by atoms with Crippen LogP contribution in [0.2, 0.25) is 0 Å². The number of carbonyl (C=O) groups is 1. The number of nitrogens with one attached hydrogen (secondary N) is 1. The van der Waals surface area contributed by atoms with Gasteiger partial charge in [0.25, 0.3) is 0 Å². The number of benzene rings is 1. The average Bonchev–Trinajstić information content (AvgIpc) is 2.35. The van der Waals surface area contributed by atoms with Crippen LogP contribution in [-0.4, -0.2) is 37.0 Å². The molecule has 1 aliphatic rings. The molecule has 1 fully saturated rings. The lowest BCUT2D eigenvalue weighted by molar-refractivity contribution is -0.123. The monoisotopic (exact) mass is 255 g/mol. The lowest BCUT2D eigenvalue weighted by Gasteiger charge is -2.33. The number of amides is 1. The molecule has 0 spiro atoms. The third-order valence-corrected chi connectivity index (χ3v) is 3.05. The maximum absolute atomic E-state index is 13.2. The summed E-state index contributed by atoms with van der Waals surface area (Å²) in [6.07, 6.45) is 0. The molecule has 0 bridgehead atoms. The molecule has 1 amide bonds. The smallest absolute Gasteiger partial charge is 0.239 e. The van der Waals surface area contributed by atoms with Crippen LogP contribution in [0.15, 0.2) is 18.2 Å². The van der Waals surface area contributed by atoms with Gasteiger partial charge in [0, 0.05) is 26.2 Å². The topological polar surface area (TPSA) is 58.4 Å². The number of nitrogens with two attached hydrogens (primary N) is 1. The summed E-state index contributed by atoms with van der Waals surface area (Å²) in [5.74, 6) is -2.45. The Morgan fingerprint density at radius 3 is 2.50 bits per heavy atom. The minimum atomic E-state index is -0.964. The zero-order chi connectivity index (χ0) is 13.1. The van der Waals surface area contributed by atoms with Crippen molar-refractivity contribution in [2.45, 2.75) is 6.04 Å². The van der Waals surface area contributed by atoms with Gasteiger partial charge in [-0.05, 0) is 17.7 Å². The van der Waals surface area contributed by atoms with Crippen molar-refractivity contribution < 1.29 is 13.6 Å². The summed E-state index contributed by atoms with van der Waals surface area (Å²) in [5.41, 5.74) is 5.76. The second kappa shape index (κ2) is 5.41. The van der Waals surface area contributed by atoms with Gasteiger partial charge in [0.15, 0.2) is 11.6 Å². The van der Waals surface area contributed by atoms with Crippen LogP contribution >= 0.6 is 0 Å². The molecule has 3 N–H and O–H groups in total. The maximum Gasteiger partial charge on any atom is 0.239 e. The molecule has 1 saturated heterocycles. The van der Waals surface area contributed by atoms with E-state index in [0.29, 0.717) is 18.7 Å². The van der Waals surface area contributed by atoms with Crippen LogP contribution in [0.4, 0.5) is 8.78 Å². The molecular formula is C12H15F2N3O. The van der Waals surface area contributed by atoms with E-state index in [4.69, 9.17) is 5.73 Å². The van der Waals surface area contributed by atoms with Crippen molar-refractivity contribution in [2.24, 2.45) is 5.73 Å². The van der Waals surface area contributed by atoms with Gasteiger partial charge < -0.3 is 11.1 Å². The van der Waals surface area contributed by atoms with Crippen molar-refractivity contribution in [3.63, 3.8) is 0 Å². The van der Waals surface area contributed by atoms with Crippen molar-refractivity contribution in [3.8, 4) is 0 Å². The maximum atomic E-state index is 13.2. The van der Waals surface area contributed by atoms with Crippen molar-refractivity contribution >= 4 is 5.91 Å². The first-order valence-corrected chi connectivity index (χ1v) is 5.78. The number of carbonyl (C=O) groups excluding carboxylic acids is 1. The average molecular weight is 255 g/mol. The van der Waals surface area contributed by atoms with Gasteiger partial charge in [-0.25, -0.2) is 8.78 Å². The fraction of sp³-hybridized carbons (Fsp3) is 0.417. The molecular weight excluding hydrogens is 240 g/mol. The second-order valence-electron chi connectivity index (χ2n) is 4.26. The van der Waals surface area contributed by atoms with Crippen molar-refractivity contribution in [3.05, 3.63) is 35.4 Å². The third kappa shape index (κ3) is 2.65. The van der Waals surface area contributed by atoms with Crippen molar-refractivity contribution in [2.75, 3.05) is 26.2 Å². The van der Waals surface area contributed by atoms with Crippen LogP contribution in [0.25, 0.3) is 0 Å². The quantitative estimate of drug-likeness (QED) is 0.821. The normalized spacial score (nSPS) is 18.6. The molecule has 1 aromatic carbocycles. The first-order valence-electron chi connectivity index (χ1n) is 5.78. The summed E-state index contributed by atoms with van der Waals surface area (Å²) in [7, 11) is 0. The minimum Gasteiger partial charge on any atom is -0.368 e. The molecule has 98 valence electrons. The van der Waals surface area contributed by atoms with E-state index in [9.17, 15) is 13.6 Å². The summed E-state index contributed by atoms with van der Waals surface area (Å²) in [6, 6.07) is 2.74. The lowest BCUT2D eigenvalue weighted by atomic mass is 10.0. The van der Waals surface area contributed by atoms with Crippen LogP contribution < -0.4 is 11.1 Å². The first-order chi connectivity index (χ1) is 8.59. The predicted molar refractivity (Wildman–Crippen MR) is 62.7 cm³/mol.